The standard InChI is InChI=1S/C7H11N5O2S/c1-4(6(8)10-14)12(2)7(13)5-3-15-11-9-5/h3-4,14H,1-2H3,(H2,8,10). The number of amides is 1. The van der Waals surface area contributed by atoms with Crippen molar-refractivity contribution < 1.29 is 10.0 Å². The number of nitrogens with zero attached hydrogens (tertiary/aromatic N) is 4. The van der Waals surface area contributed by atoms with E-state index in [1.807, 2.05) is 0 Å². The van der Waals surface area contributed by atoms with Crippen molar-refractivity contribution in [1.29, 1.82) is 0 Å². The van der Waals surface area contributed by atoms with Crippen molar-refractivity contribution in [2.75, 3.05) is 7.05 Å². The number of nitrogens with two attached hydrogens (primary N) is 1. The fraction of sp³-hybridized carbons (Fsp3) is 0.429. The quantitative estimate of drug-likeness (QED) is 0.322. The second kappa shape index (κ2) is 4.69. The molecule has 0 fully saturated rings. The number of oxime groups is 1. The van der Waals surface area contributed by atoms with E-state index >= 15 is 0 Å². The summed E-state index contributed by atoms with van der Waals surface area (Å²) in [5.41, 5.74) is 5.63. The zero-order valence-electron chi connectivity index (χ0n) is 8.28. The Labute approximate surface area is 90.4 Å². The van der Waals surface area contributed by atoms with Crippen molar-refractivity contribution in [3.8, 4) is 0 Å². The summed E-state index contributed by atoms with van der Waals surface area (Å²) in [5, 5.41) is 16.5. The van der Waals surface area contributed by atoms with Crippen LogP contribution in [0.15, 0.2) is 10.5 Å². The predicted octanol–water partition coefficient (Wildman–Crippen LogP) is -0.255. The van der Waals surface area contributed by atoms with Gasteiger partial charge < -0.3 is 15.8 Å². The third-order valence-corrected chi connectivity index (χ3v) is 2.53. The van der Waals surface area contributed by atoms with Gasteiger partial charge in [-0.05, 0) is 18.5 Å². The maximum Gasteiger partial charge on any atom is 0.275 e. The number of carbonyl (C=O) groups excluding carboxylic acids is 1. The van der Waals surface area contributed by atoms with Crippen LogP contribution in [0.2, 0.25) is 0 Å². The first kappa shape index (κ1) is 11.4. The first-order valence-corrected chi connectivity index (χ1v) is 4.93. The van der Waals surface area contributed by atoms with Crippen molar-refractivity contribution in [2.24, 2.45) is 10.9 Å². The first-order chi connectivity index (χ1) is 7.07. The van der Waals surface area contributed by atoms with Crippen LogP contribution in [0.3, 0.4) is 0 Å². The molecular weight excluding hydrogens is 218 g/mol. The zero-order valence-corrected chi connectivity index (χ0v) is 9.10. The summed E-state index contributed by atoms with van der Waals surface area (Å²) in [6.45, 7) is 1.65. The van der Waals surface area contributed by atoms with Gasteiger partial charge >= 0.3 is 0 Å². The van der Waals surface area contributed by atoms with Crippen LogP contribution >= 0.6 is 11.5 Å². The highest BCUT2D eigenvalue weighted by atomic mass is 32.1. The summed E-state index contributed by atoms with van der Waals surface area (Å²) in [5.74, 6) is -0.350. The topological polar surface area (TPSA) is 105 Å². The molecule has 0 aliphatic heterocycles. The van der Waals surface area contributed by atoms with E-state index in [0.717, 1.165) is 11.5 Å². The number of rotatable bonds is 3. The van der Waals surface area contributed by atoms with Crippen LogP contribution in [0.25, 0.3) is 0 Å². The first-order valence-electron chi connectivity index (χ1n) is 4.09. The van der Waals surface area contributed by atoms with Gasteiger partial charge in [-0.1, -0.05) is 9.64 Å². The number of amidine groups is 1. The van der Waals surface area contributed by atoms with Crippen LogP contribution in [0.1, 0.15) is 17.4 Å². The molecule has 15 heavy (non-hydrogen) atoms. The van der Waals surface area contributed by atoms with Gasteiger partial charge in [0.25, 0.3) is 5.91 Å². The molecular formula is C7H11N5O2S. The number of likely N-dealkylation sites (N-methyl/N-ethyl adjacent to an activating group) is 1. The molecule has 0 saturated carbocycles. The number of hydrogen-bond donors (Lipinski definition) is 2. The minimum atomic E-state index is -0.496. The van der Waals surface area contributed by atoms with Gasteiger partial charge in [0.1, 0.15) is 0 Å². The van der Waals surface area contributed by atoms with Crippen LogP contribution in [0, 0.1) is 0 Å². The molecule has 0 aliphatic rings. The molecule has 0 radical (unpaired) electrons. The maximum atomic E-state index is 11.7. The molecule has 3 N–H and O–H groups in total. The van der Waals surface area contributed by atoms with Crippen molar-refractivity contribution in [1.82, 2.24) is 14.5 Å². The third-order valence-electron chi connectivity index (χ3n) is 2.02. The highest BCUT2D eigenvalue weighted by Crippen LogP contribution is 2.05. The van der Waals surface area contributed by atoms with Crippen LogP contribution in [0.4, 0.5) is 0 Å². The smallest absolute Gasteiger partial charge is 0.275 e. The van der Waals surface area contributed by atoms with Gasteiger partial charge in [0, 0.05) is 12.4 Å². The summed E-state index contributed by atoms with van der Waals surface area (Å²) in [6.07, 6.45) is 0. The Morgan fingerprint density at radius 1 is 1.80 bits per heavy atom. The van der Waals surface area contributed by atoms with Crippen LogP contribution in [-0.4, -0.2) is 44.5 Å². The number of carbonyl (C=O) groups is 1. The number of aromatic nitrogens is 2. The van der Waals surface area contributed by atoms with Gasteiger partial charge in [-0.3, -0.25) is 4.79 Å². The fourth-order valence-electron chi connectivity index (χ4n) is 0.896. The van der Waals surface area contributed by atoms with Crippen molar-refractivity contribution >= 4 is 23.3 Å². The van der Waals surface area contributed by atoms with E-state index in [9.17, 15) is 4.79 Å². The average molecular weight is 229 g/mol. The van der Waals surface area contributed by atoms with Gasteiger partial charge in [0.2, 0.25) is 0 Å². The second-order valence-electron chi connectivity index (χ2n) is 2.91. The van der Waals surface area contributed by atoms with E-state index in [4.69, 9.17) is 10.9 Å². The van der Waals surface area contributed by atoms with Gasteiger partial charge in [-0.2, -0.15) is 0 Å². The molecule has 1 aromatic rings. The number of hydrogen-bond acceptors (Lipinski definition) is 6. The monoisotopic (exact) mass is 229 g/mol. The van der Waals surface area contributed by atoms with E-state index in [1.54, 1.807) is 14.0 Å². The summed E-state index contributed by atoms with van der Waals surface area (Å²) in [7, 11) is 1.55. The van der Waals surface area contributed by atoms with E-state index in [1.165, 1.54) is 10.3 Å². The Balaban J connectivity index is 2.77. The fourth-order valence-corrected chi connectivity index (χ4v) is 1.33. The summed E-state index contributed by atoms with van der Waals surface area (Å²) >= 11 is 1.09. The largest absolute Gasteiger partial charge is 0.409 e. The Morgan fingerprint density at radius 3 is 2.93 bits per heavy atom. The molecule has 0 bridgehead atoms. The van der Waals surface area contributed by atoms with Crippen LogP contribution < -0.4 is 5.73 Å². The molecule has 1 unspecified atom stereocenters. The van der Waals surface area contributed by atoms with Gasteiger partial charge in [0.15, 0.2) is 11.5 Å². The molecule has 0 aliphatic carbocycles. The van der Waals surface area contributed by atoms with E-state index in [-0.39, 0.29) is 17.4 Å². The maximum absolute atomic E-state index is 11.7. The zero-order chi connectivity index (χ0) is 11.4. The lowest BCUT2D eigenvalue weighted by molar-refractivity contribution is 0.0770. The lowest BCUT2D eigenvalue weighted by atomic mass is 10.2. The van der Waals surface area contributed by atoms with Crippen LogP contribution in [0.5, 0.6) is 0 Å². The Bertz CT molecular complexity index is 363. The molecule has 0 aromatic carbocycles. The SMILES string of the molecule is CC(C(N)=NO)N(C)C(=O)c1csnn1. The van der Waals surface area contributed by atoms with Gasteiger partial charge in [0.05, 0.1) is 6.04 Å². The molecule has 1 aromatic heterocycles. The Morgan fingerprint density at radius 2 is 2.47 bits per heavy atom. The third kappa shape index (κ3) is 2.40. The van der Waals surface area contributed by atoms with Crippen molar-refractivity contribution in [3.63, 3.8) is 0 Å². The van der Waals surface area contributed by atoms with E-state index in [0.29, 0.717) is 0 Å². The molecule has 0 saturated heterocycles. The normalized spacial score (nSPS) is 13.6. The minimum absolute atomic E-state index is 0.0333. The van der Waals surface area contributed by atoms with Crippen molar-refractivity contribution in [3.05, 3.63) is 11.1 Å². The van der Waals surface area contributed by atoms with E-state index in [2.05, 4.69) is 14.7 Å². The minimum Gasteiger partial charge on any atom is -0.409 e. The Kier molecular flexibility index (Phi) is 3.56. The molecule has 7 nitrogen and oxygen atoms in total. The molecule has 8 heteroatoms. The van der Waals surface area contributed by atoms with Crippen LogP contribution in [-0.2, 0) is 0 Å². The molecule has 1 heterocycles. The Hall–Kier alpha value is -1.70. The highest BCUT2D eigenvalue weighted by Gasteiger charge is 2.22. The molecule has 82 valence electrons. The molecule has 1 atom stereocenters. The summed E-state index contributed by atoms with van der Waals surface area (Å²) < 4.78 is 3.58. The molecule has 0 spiro atoms. The van der Waals surface area contributed by atoms with Gasteiger partial charge in [-0.15, -0.1) is 5.10 Å². The lowest BCUT2D eigenvalue weighted by Crippen LogP contribution is -2.43. The summed E-state index contributed by atoms with van der Waals surface area (Å²) in [6, 6.07) is -0.496. The molecule has 1 rings (SSSR count). The molecule has 1 amide bonds. The lowest BCUT2D eigenvalue weighted by Gasteiger charge is -2.22. The average Bonchev–Trinajstić information content (AvgIpc) is 2.78. The van der Waals surface area contributed by atoms with E-state index < -0.39 is 6.04 Å². The predicted molar refractivity (Wildman–Crippen MR) is 54.9 cm³/mol. The second-order valence-corrected chi connectivity index (χ2v) is 3.52. The van der Waals surface area contributed by atoms with Gasteiger partial charge in [-0.25, -0.2) is 0 Å². The summed E-state index contributed by atoms with van der Waals surface area (Å²) in [4.78, 5) is 13.0. The van der Waals surface area contributed by atoms with Crippen molar-refractivity contribution in [2.45, 2.75) is 13.0 Å². The highest BCUT2D eigenvalue weighted by molar-refractivity contribution is 7.03.